The van der Waals surface area contributed by atoms with E-state index >= 15 is 0 Å². The Hall–Kier alpha value is -1.46. The summed E-state index contributed by atoms with van der Waals surface area (Å²) in [7, 11) is 0. The van der Waals surface area contributed by atoms with E-state index in [1.54, 1.807) is 12.3 Å². The quantitative estimate of drug-likeness (QED) is 0.646. The Morgan fingerprint density at radius 2 is 1.93 bits per heavy atom. The Kier molecular flexibility index (Phi) is 4.79. The van der Waals surface area contributed by atoms with Crippen molar-refractivity contribution in [1.29, 1.82) is 0 Å². The van der Waals surface area contributed by atoms with Crippen LogP contribution in [0.4, 0.5) is 8.78 Å². The number of rotatable bonds is 6. The third kappa shape index (κ3) is 4.04. The highest BCUT2D eigenvalue weighted by Gasteiger charge is 2.41. The highest BCUT2D eigenvalue weighted by atomic mass is 35.5. The summed E-state index contributed by atoms with van der Waals surface area (Å²) < 4.78 is 28.5. The summed E-state index contributed by atoms with van der Waals surface area (Å²) in [5.74, 6) is -2.36. The van der Waals surface area contributed by atoms with E-state index in [9.17, 15) is 18.7 Å². The Bertz CT molecular complexity index is 862. The lowest BCUT2D eigenvalue weighted by Gasteiger charge is -2.27. The summed E-state index contributed by atoms with van der Waals surface area (Å²) in [6.07, 6.45) is 5.12. The third-order valence-corrected chi connectivity index (χ3v) is 6.38. The zero-order chi connectivity index (χ0) is 19.2. The number of nitrogens with zero attached hydrogens (tertiary/aromatic N) is 1. The smallest absolute Gasteiger partial charge is 0.248 e. The van der Waals surface area contributed by atoms with Crippen molar-refractivity contribution in [3.63, 3.8) is 0 Å². The predicted molar refractivity (Wildman–Crippen MR) is 102 cm³/mol. The zero-order valence-corrected chi connectivity index (χ0v) is 15.9. The largest absolute Gasteiger partial charge is 0.388 e. The summed E-state index contributed by atoms with van der Waals surface area (Å²) in [5, 5.41) is 11.5. The summed E-state index contributed by atoms with van der Waals surface area (Å²) in [4.78, 5) is 12.9. The Balaban J connectivity index is 1.51. The summed E-state index contributed by atoms with van der Waals surface area (Å²) in [6, 6.07) is 5.52. The van der Waals surface area contributed by atoms with Crippen LogP contribution in [0.5, 0.6) is 0 Å². The average molecular weight is 396 g/mol. The molecule has 0 amide bonds. The lowest BCUT2D eigenvalue weighted by atomic mass is 9.83. The summed E-state index contributed by atoms with van der Waals surface area (Å²) in [6.45, 7) is 0.453. The van der Waals surface area contributed by atoms with E-state index < -0.39 is 11.5 Å². The number of carbonyl (C=O) groups is 1. The highest BCUT2D eigenvalue weighted by Crippen LogP contribution is 2.40. The maximum atomic E-state index is 13.3. The third-order valence-electron chi connectivity index (χ3n) is 6.06. The van der Waals surface area contributed by atoms with Crippen molar-refractivity contribution < 1.29 is 18.7 Å². The molecule has 1 aromatic carbocycles. The molecule has 0 atom stereocenters. The number of halogens is 3. The molecule has 0 radical (unpaired) electrons. The molecule has 0 aliphatic heterocycles. The minimum absolute atomic E-state index is 0.00743. The highest BCUT2D eigenvalue weighted by molar-refractivity contribution is 6.37. The molecule has 0 unspecified atom stereocenters. The van der Waals surface area contributed by atoms with Crippen LogP contribution in [0.25, 0.3) is 10.9 Å². The van der Waals surface area contributed by atoms with E-state index in [2.05, 4.69) is 0 Å². The van der Waals surface area contributed by atoms with Gasteiger partial charge >= 0.3 is 0 Å². The Morgan fingerprint density at radius 1 is 1.22 bits per heavy atom. The molecule has 1 heterocycles. The van der Waals surface area contributed by atoms with Crippen LogP contribution in [-0.4, -0.2) is 27.0 Å². The van der Waals surface area contributed by atoms with Crippen molar-refractivity contribution >= 4 is 28.3 Å². The van der Waals surface area contributed by atoms with Gasteiger partial charge in [0, 0.05) is 36.4 Å². The molecule has 0 saturated heterocycles. The first kappa shape index (κ1) is 18.9. The van der Waals surface area contributed by atoms with E-state index in [4.69, 9.17) is 11.6 Å². The number of ketones is 1. The van der Waals surface area contributed by atoms with E-state index in [0.717, 1.165) is 23.7 Å². The molecule has 3 nitrogen and oxygen atoms in total. The molecule has 0 spiro atoms. The molecule has 2 aliphatic carbocycles. The summed E-state index contributed by atoms with van der Waals surface area (Å²) in [5.41, 5.74) is 0.742. The van der Waals surface area contributed by atoms with Crippen LogP contribution in [0.3, 0.4) is 0 Å². The van der Waals surface area contributed by atoms with Crippen LogP contribution < -0.4 is 0 Å². The lowest BCUT2D eigenvalue weighted by Crippen LogP contribution is -2.24. The molecule has 2 aromatic rings. The average Bonchev–Trinajstić information content (AvgIpc) is 3.23. The van der Waals surface area contributed by atoms with Crippen LogP contribution in [-0.2, 0) is 6.54 Å². The molecule has 27 heavy (non-hydrogen) atoms. The second-order valence-electron chi connectivity index (χ2n) is 8.29. The topological polar surface area (TPSA) is 42.2 Å². The second kappa shape index (κ2) is 6.85. The van der Waals surface area contributed by atoms with Crippen LogP contribution >= 0.6 is 11.6 Å². The number of Topliss-reactive ketones (excluding diaryl/α,β-unsaturated/α-hetero) is 1. The molecule has 146 valence electrons. The SMILES string of the molecule is O=C(CCC1CCC(F)(F)CC1)c1cn(CC2(O)CC2)c2cccc(Cl)c12. The second-order valence-corrected chi connectivity index (χ2v) is 8.70. The first-order chi connectivity index (χ1) is 12.8. The minimum Gasteiger partial charge on any atom is -0.388 e. The fourth-order valence-electron chi connectivity index (χ4n) is 4.13. The van der Waals surface area contributed by atoms with E-state index in [0.29, 0.717) is 42.8 Å². The van der Waals surface area contributed by atoms with Gasteiger partial charge in [-0.2, -0.15) is 0 Å². The molecule has 2 saturated carbocycles. The number of carbonyl (C=O) groups excluding carboxylic acids is 1. The molecular weight excluding hydrogens is 372 g/mol. The van der Waals surface area contributed by atoms with Crippen molar-refractivity contribution in [3.05, 3.63) is 35.0 Å². The van der Waals surface area contributed by atoms with Gasteiger partial charge in [-0.05, 0) is 50.2 Å². The fraction of sp³-hybridized carbons (Fsp3) is 0.571. The van der Waals surface area contributed by atoms with Crippen LogP contribution in [0, 0.1) is 5.92 Å². The van der Waals surface area contributed by atoms with Gasteiger partial charge in [0.25, 0.3) is 0 Å². The van der Waals surface area contributed by atoms with Crippen molar-refractivity contribution in [2.24, 2.45) is 5.92 Å². The number of fused-ring (bicyclic) bond motifs is 1. The number of aromatic nitrogens is 1. The maximum absolute atomic E-state index is 13.3. The number of alkyl halides is 2. The van der Waals surface area contributed by atoms with E-state index in [-0.39, 0.29) is 24.5 Å². The summed E-state index contributed by atoms with van der Waals surface area (Å²) >= 11 is 6.38. The zero-order valence-electron chi connectivity index (χ0n) is 15.2. The molecular formula is C21H24ClF2NO2. The van der Waals surface area contributed by atoms with Crippen molar-refractivity contribution in [1.82, 2.24) is 4.57 Å². The number of aliphatic hydroxyl groups is 1. The van der Waals surface area contributed by atoms with Crippen molar-refractivity contribution in [2.45, 2.75) is 69.4 Å². The first-order valence-electron chi connectivity index (χ1n) is 9.67. The van der Waals surface area contributed by atoms with Gasteiger partial charge in [-0.1, -0.05) is 17.7 Å². The van der Waals surface area contributed by atoms with Gasteiger partial charge < -0.3 is 9.67 Å². The van der Waals surface area contributed by atoms with Crippen molar-refractivity contribution in [3.8, 4) is 0 Å². The standard InChI is InChI=1S/C21H24ClF2NO2/c22-16-2-1-3-17-19(16)15(12-25(17)13-20(27)10-11-20)18(26)5-4-14-6-8-21(23,24)9-7-14/h1-3,12,14,27H,4-11,13H2. The van der Waals surface area contributed by atoms with Crippen molar-refractivity contribution in [2.75, 3.05) is 0 Å². The fourth-order valence-corrected chi connectivity index (χ4v) is 4.40. The van der Waals surface area contributed by atoms with Crippen LogP contribution in [0.2, 0.25) is 5.02 Å². The molecule has 0 bridgehead atoms. The van der Waals surface area contributed by atoms with E-state index in [1.807, 2.05) is 16.7 Å². The van der Waals surface area contributed by atoms with Crippen LogP contribution in [0.15, 0.2) is 24.4 Å². The van der Waals surface area contributed by atoms with Gasteiger partial charge in [-0.15, -0.1) is 0 Å². The minimum atomic E-state index is -2.54. The maximum Gasteiger partial charge on any atom is 0.248 e. The molecule has 4 rings (SSSR count). The number of benzene rings is 1. The Labute approximate surface area is 162 Å². The molecule has 1 N–H and O–H groups in total. The Morgan fingerprint density at radius 3 is 2.59 bits per heavy atom. The molecule has 6 heteroatoms. The lowest BCUT2D eigenvalue weighted by molar-refractivity contribution is -0.0464. The first-order valence-corrected chi connectivity index (χ1v) is 10.0. The number of hydrogen-bond acceptors (Lipinski definition) is 2. The molecule has 2 aliphatic rings. The van der Waals surface area contributed by atoms with Gasteiger partial charge in [-0.3, -0.25) is 4.79 Å². The predicted octanol–water partition coefficient (Wildman–Crippen LogP) is 5.61. The van der Waals surface area contributed by atoms with Gasteiger partial charge in [0.05, 0.1) is 22.7 Å². The molecule has 1 aromatic heterocycles. The van der Waals surface area contributed by atoms with E-state index in [1.165, 1.54) is 0 Å². The van der Waals surface area contributed by atoms with Gasteiger partial charge in [0.2, 0.25) is 5.92 Å². The van der Waals surface area contributed by atoms with Gasteiger partial charge in [-0.25, -0.2) is 8.78 Å². The van der Waals surface area contributed by atoms with Crippen LogP contribution in [0.1, 0.15) is 61.7 Å². The van der Waals surface area contributed by atoms with Gasteiger partial charge in [0.15, 0.2) is 5.78 Å². The van der Waals surface area contributed by atoms with Gasteiger partial charge in [0.1, 0.15) is 0 Å². The molecule has 2 fully saturated rings. The number of hydrogen-bond donors (Lipinski definition) is 1. The monoisotopic (exact) mass is 395 g/mol. The normalized spacial score (nSPS) is 21.5.